The fraction of sp³-hybridized carbons (Fsp3) is 0.235. The van der Waals surface area contributed by atoms with Gasteiger partial charge in [0.1, 0.15) is 17.2 Å². The lowest BCUT2D eigenvalue weighted by atomic mass is 10.2. The molecular formula is C17H17N3S. The highest BCUT2D eigenvalue weighted by Crippen LogP contribution is 2.33. The Balaban J connectivity index is 2.11. The average molecular weight is 295 g/mol. The molecule has 21 heavy (non-hydrogen) atoms. The fourth-order valence-electron chi connectivity index (χ4n) is 2.18. The van der Waals surface area contributed by atoms with E-state index in [4.69, 9.17) is 11.4 Å². The SMILES string of the molecule is C#Cc1ccc(-c2nc3ccccn3c2NCC(C)C)s1. The number of nitrogens with one attached hydrogen (secondary N) is 1. The molecule has 0 aliphatic rings. The third-order valence-electron chi connectivity index (χ3n) is 3.19. The Hall–Kier alpha value is -2.25. The molecule has 0 atom stereocenters. The van der Waals surface area contributed by atoms with Gasteiger partial charge in [0.15, 0.2) is 0 Å². The summed E-state index contributed by atoms with van der Waals surface area (Å²) in [5.41, 5.74) is 1.91. The number of aromatic nitrogens is 2. The van der Waals surface area contributed by atoms with Crippen LogP contribution in [0.15, 0.2) is 36.5 Å². The Morgan fingerprint density at radius 3 is 2.90 bits per heavy atom. The molecule has 3 rings (SSSR count). The van der Waals surface area contributed by atoms with E-state index >= 15 is 0 Å². The largest absolute Gasteiger partial charge is 0.369 e. The molecule has 0 saturated heterocycles. The molecule has 0 aliphatic heterocycles. The van der Waals surface area contributed by atoms with Crippen molar-refractivity contribution < 1.29 is 0 Å². The van der Waals surface area contributed by atoms with Crippen LogP contribution in [0, 0.1) is 18.3 Å². The molecule has 1 N–H and O–H groups in total. The smallest absolute Gasteiger partial charge is 0.139 e. The molecule has 0 spiro atoms. The highest BCUT2D eigenvalue weighted by Gasteiger charge is 2.15. The first-order chi connectivity index (χ1) is 10.2. The van der Waals surface area contributed by atoms with Crippen LogP contribution in [-0.2, 0) is 0 Å². The van der Waals surface area contributed by atoms with Crippen LogP contribution in [0.2, 0.25) is 0 Å². The summed E-state index contributed by atoms with van der Waals surface area (Å²) in [6.45, 7) is 5.29. The van der Waals surface area contributed by atoms with E-state index in [1.807, 2.05) is 36.5 Å². The normalized spacial score (nSPS) is 11.0. The van der Waals surface area contributed by atoms with Gasteiger partial charge in [0.05, 0.1) is 9.75 Å². The van der Waals surface area contributed by atoms with E-state index in [-0.39, 0.29) is 0 Å². The Morgan fingerprint density at radius 1 is 1.33 bits per heavy atom. The molecular weight excluding hydrogens is 278 g/mol. The van der Waals surface area contributed by atoms with Gasteiger partial charge in [-0.2, -0.15) is 0 Å². The van der Waals surface area contributed by atoms with Crippen molar-refractivity contribution in [3.8, 4) is 22.9 Å². The fourth-order valence-corrected chi connectivity index (χ4v) is 2.99. The zero-order valence-electron chi connectivity index (χ0n) is 12.1. The minimum atomic E-state index is 0.566. The van der Waals surface area contributed by atoms with Gasteiger partial charge in [-0.05, 0) is 30.2 Å². The van der Waals surface area contributed by atoms with Crippen molar-refractivity contribution in [2.24, 2.45) is 5.92 Å². The number of pyridine rings is 1. The van der Waals surface area contributed by atoms with Gasteiger partial charge in [0.2, 0.25) is 0 Å². The van der Waals surface area contributed by atoms with Crippen molar-refractivity contribution in [2.75, 3.05) is 11.9 Å². The van der Waals surface area contributed by atoms with E-state index in [9.17, 15) is 0 Å². The van der Waals surface area contributed by atoms with Crippen LogP contribution in [0.1, 0.15) is 18.7 Å². The van der Waals surface area contributed by atoms with Crippen LogP contribution in [0.4, 0.5) is 5.82 Å². The van der Waals surface area contributed by atoms with E-state index in [0.717, 1.165) is 33.5 Å². The minimum absolute atomic E-state index is 0.566. The third kappa shape index (κ3) is 2.65. The second-order valence-electron chi connectivity index (χ2n) is 5.32. The number of fused-ring (bicyclic) bond motifs is 1. The Morgan fingerprint density at radius 2 is 2.19 bits per heavy atom. The number of anilines is 1. The second-order valence-corrected chi connectivity index (χ2v) is 6.40. The summed E-state index contributed by atoms with van der Waals surface area (Å²) in [6.07, 6.45) is 7.50. The van der Waals surface area contributed by atoms with E-state index in [2.05, 4.69) is 29.5 Å². The lowest BCUT2D eigenvalue weighted by molar-refractivity contribution is 0.686. The second kappa shape index (κ2) is 5.63. The summed E-state index contributed by atoms with van der Waals surface area (Å²) in [5, 5.41) is 3.52. The molecule has 0 unspecified atom stereocenters. The molecule has 106 valence electrons. The molecule has 0 aromatic carbocycles. The van der Waals surface area contributed by atoms with E-state index in [0.29, 0.717) is 5.92 Å². The van der Waals surface area contributed by atoms with Crippen molar-refractivity contribution in [3.63, 3.8) is 0 Å². The number of hydrogen-bond acceptors (Lipinski definition) is 3. The highest BCUT2D eigenvalue weighted by molar-refractivity contribution is 7.16. The van der Waals surface area contributed by atoms with Gasteiger partial charge in [-0.15, -0.1) is 17.8 Å². The van der Waals surface area contributed by atoms with Crippen LogP contribution in [0.25, 0.3) is 16.2 Å². The van der Waals surface area contributed by atoms with Gasteiger partial charge < -0.3 is 5.32 Å². The van der Waals surface area contributed by atoms with Crippen molar-refractivity contribution in [1.82, 2.24) is 9.38 Å². The van der Waals surface area contributed by atoms with Gasteiger partial charge in [-0.25, -0.2) is 4.98 Å². The van der Waals surface area contributed by atoms with Crippen LogP contribution in [0.3, 0.4) is 0 Å². The van der Waals surface area contributed by atoms with E-state index in [1.54, 1.807) is 11.3 Å². The summed E-state index contributed by atoms with van der Waals surface area (Å²) in [6, 6.07) is 10.0. The number of imidazole rings is 1. The molecule has 0 aliphatic carbocycles. The predicted molar refractivity (Wildman–Crippen MR) is 89.8 cm³/mol. The predicted octanol–water partition coefficient (Wildman–Crippen LogP) is 4.11. The van der Waals surface area contributed by atoms with Crippen LogP contribution < -0.4 is 5.32 Å². The first kappa shape index (κ1) is 13.7. The summed E-state index contributed by atoms with van der Waals surface area (Å²) < 4.78 is 2.09. The van der Waals surface area contributed by atoms with Crippen LogP contribution in [-0.4, -0.2) is 15.9 Å². The van der Waals surface area contributed by atoms with Crippen molar-refractivity contribution in [1.29, 1.82) is 0 Å². The summed E-state index contributed by atoms with van der Waals surface area (Å²) in [4.78, 5) is 6.77. The van der Waals surface area contributed by atoms with Crippen molar-refractivity contribution in [2.45, 2.75) is 13.8 Å². The maximum Gasteiger partial charge on any atom is 0.139 e. The number of thiophene rings is 1. The van der Waals surface area contributed by atoms with E-state index < -0.39 is 0 Å². The molecule has 4 heteroatoms. The highest BCUT2D eigenvalue weighted by atomic mass is 32.1. The zero-order chi connectivity index (χ0) is 14.8. The number of hydrogen-bond donors (Lipinski definition) is 1. The lowest BCUT2D eigenvalue weighted by Crippen LogP contribution is -2.10. The summed E-state index contributed by atoms with van der Waals surface area (Å²) in [7, 11) is 0. The van der Waals surface area contributed by atoms with Crippen LogP contribution in [0.5, 0.6) is 0 Å². The molecule has 3 aromatic heterocycles. The number of nitrogens with zero attached hydrogens (tertiary/aromatic N) is 2. The van der Waals surface area contributed by atoms with Gasteiger partial charge in [0.25, 0.3) is 0 Å². The summed E-state index contributed by atoms with van der Waals surface area (Å²) >= 11 is 1.60. The topological polar surface area (TPSA) is 29.3 Å². The molecule has 0 saturated carbocycles. The number of terminal acetylenes is 1. The molecule has 0 radical (unpaired) electrons. The molecule has 3 heterocycles. The molecule has 3 nitrogen and oxygen atoms in total. The molecule has 0 fully saturated rings. The lowest BCUT2D eigenvalue weighted by Gasteiger charge is -2.10. The van der Waals surface area contributed by atoms with Gasteiger partial charge in [-0.3, -0.25) is 4.40 Å². The van der Waals surface area contributed by atoms with Gasteiger partial charge >= 0.3 is 0 Å². The maximum atomic E-state index is 5.47. The minimum Gasteiger partial charge on any atom is -0.369 e. The molecule has 0 bridgehead atoms. The molecule has 0 amide bonds. The first-order valence-corrected chi connectivity index (χ1v) is 7.78. The van der Waals surface area contributed by atoms with E-state index in [1.165, 1.54) is 0 Å². The Bertz CT molecular complexity index is 805. The van der Waals surface area contributed by atoms with Crippen molar-refractivity contribution >= 4 is 22.8 Å². The van der Waals surface area contributed by atoms with Crippen molar-refractivity contribution in [3.05, 3.63) is 41.4 Å². The standard InChI is InChI=1S/C17H17N3S/c1-4-13-8-9-14(21-13)16-17(18-11-12(2)3)20-10-6-5-7-15(20)19-16/h1,5-10,12,18H,11H2,2-3H3. The average Bonchev–Trinajstić information content (AvgIpc) is 3.09. The monoisotopic (exact) mass is 295 g/mol. The van der Waals surface area contributed by atoms with Gasteiger partial charge in [0, 0.05) is 12.7 Å². The zero-order valence-corrected chi connectivity index (χ0v) is 12.9. The molecule has 3 aromatic rings. The first-order valence-electron chi connectivity index (χ1n) is 6.97. The number of rotatable bonds is 4. The summed E-state index contributed by atoms with van der Waals surface area (Å²) in [5.74, 6) is 4.28. The maximum absolute atomic E-state index is 5.47. The van der Waals surface area contributed by atoms with Crippen LogP contribution >= 0.6 is 11.3 Å². The Kier molecular flexibility index (Phi) is 3.68. The quantitative estimate of drug-likeness (QED) is 0.734. The van der Waals surface area contributed by atoms with Gasteiger partial charge in [-0.1, -0.05) is 25.8 Å². The Labute approximate surface area is 128 Å². The third-order valence-corrected chi connectivity index (χ3v) is 4.21.